The minimum atomic E-state index is -1.30. The van der Waals surface area contributed by atoms with Crippen LogP contribution in [0.25, 0.3) is 0 Å². The number of carboxylic acid groups (broad SMARTS) is 1. The van der Waals surface area contributed by atoms with E-state index in [1.54, 1.807) is 13.8 Å². The van der Waals surface area contributed by atoms with Gasteiger partial charge in [0, 0.05) is 0 Å². The summed E-state index contributed by atoms with van der Waals surface area (Å²) in [5.74, 6) is -3.20. The molecule has 108 valence electrons. The Morgan fingerprint density at radius 2 is 1.68 bits per heavy atom. The Labute approximate surface area is 109 Å². The summed E-state index contributed by atoms with van der Waals surface area (Å²) in [6.07, 6.45) is 0. The van der Waals surface area contributed by atoms with Gasteiger partial charge < -0.3 is 26.8 Å². The normalized spacial score (nSPS) is 11.7. The fraction of sp³-hybridized carbons (Fsp3) is 0.600. The highest BCUT2D eigenvalue weighted by atomic mass is 16.4. The van der Waals surface area contributed by atoms with Crippen molar-refractivity contribution in [3.8, 4) is 0 Å². The van der Waals surface area contributed by atoms with Gasteiger partial charge in [-0.3, -0.25) is 14.4 Å². The van der Waals surface area contributed by atoms with Crippen LogP contribution in [-0.2, 0) is 14.4 Å². The summed E-state index contributed by atoms with van der Waals surface area (Å²) in [6, 6.07) is -1.93. The Morgan fingerprint density at radius 3 is 2.00 bits per heavy atom. The summed E-state index contributed by atoms with van der Waals surface area (Å²) in [5, 5.41) is 10.9. The molecule has 9 heteroatoms. The Balaban J connectivity index is 5.04. The zero-order valence-electron chi connectivity index (χ0n) is 10.8. The second-order valence-electron chi connectivity index (χ2n) is 4.28. The molecule has 1 atom stereocenters. The fourth-order valence-electron chi connectivity index (χ4n) is 1.43. The van der Waals surface area contributed by atoms with Crippen molar-refractivity contribution < 1.29 is 24.3 Å². The molecule has 0 spiro atoms. The summed E-state index contributed by atoms with van der Waals surface area (Å²) < 4.78 is 0. The average Bonchev–Trinajstić information content (AvgIpc) is 2.22. The van der Waals surface area contributed by atoms with Gasteiger partial charge in [0.15, 0.2) is 0 Å². The molecule has 0 bridgehead atoms. The maximum atomic E-state index is 12.1. The van der Waals surface area contributed by atoms with E-state index >= 15 is 0 Å². The molecule has 0 heterocycles. The minimum absolute atomic E-state index is 0.329. The Hall–Kier alpha value is -2.32. The van der Waals surface area contributed by atoms with Crippen molar-refractivity contribution in [2.45, 2.75) is 19.9 Å². The summed E-state index contributed by atoms with van der Waals surface area (Å²) in [7, 11) is 0. The highest BCUT2D eigenvalue weighted by Gasteiger charge is 2.29. The molecule has 0 saturated carbocycles. The Kier molecular flexibility index (Phi) is 6.31. The predicted octanol–water partition coefficient (Wildman–Crippen LogP) is -1.92. The average molecular weight is 274 g/mol. The fourth-order valence-corrected chi connectivity index (χ4v) is 1.43. The van der Waals surface area contributed by atoms with Gasteiger partial charge in [0.25, 0.3) is 0 Å². The molecule has 19 heavy (non-hydrogen) atoms. The van der Waals surface area contributed by atoms with Crippen LogP contribution in [0.4, 0.5) is 4.79 Å². The van der Waals surface area contributed by atoms with Crippen molar-refractivity contribution in [3.05, 3.63) is 0 Å². The number of nitrogens with one attached hydrogen (secondary N) is 1. The number of carbonyl (C=O) groups excluding carboxylic acids is 3. The number of hydrogen-bond donors (Lipinski definition) is 4. The molecule has 0 radical (unpaired) electrons. The molecular weight excluding hydrogens is 256 g/mol. The summed E-state index contributed by atoms with van der Waals surface area (Å²) in [5.41, 5.74) is 9.89. The van der Waals surface area contributed by atoms with Gasteiger partial charge in [-0.1, -0.05) is 13.8 Å². The van der Waals surface area contributed by atoms with Gasteiger partial charge >= 0.3 is 12.0 Å². The van der Waals surface area contributed by atoms with E-state index in [9.17, 15) is 19.2 Å². The molecule has 1 unspecified atom stereocenters. The van der Waals surface area contributed by atoms with E-state index in [4.69, 9.17) is 16.6 Å². The molecular formula is C10H18N4O5. The van der Waals surface area contributed by atoms with Crippen LogP contribution in [0.15, 0.2) is 0 Å². The largest absolute Gasteiger partial charge is 0.480 e. The number of carbonyl (C=O) groups is 4. The topological polar surface area (TPSA) is 156 Å². The predicted molar refractivity (Wildman–Crippen MR) is 64.8 cm³/mol. The smallest absolute Gasteiger partial charge is 0.323 e. The van der Waals surface area contributed by atoms with Crippen molar-refractivity contribution in [3.63, 3.8) is 0 Å². The molecule has 0 rings (SSSR count). The maximum absolute atomic E-state index is 12.1. The van der Waals surface area contributed by atoms with E-state index in [1.807, 2.05) is 0 Å². The van der Waals surface area contributed by atoms with Crippen molar-refractivity contribution >= 4 is 23.8 Å². The van der Waals surface area contributed by atoms with Gasteiger partial charge in [0.05, 0.1) is 0 Å². The molecule has 0 aliphatic carbocycles. The number of urea groups is 1. The Morgan fingerprint density at radius 1 is 1.16 bits per heavy atom. The van der Waals surface area contributed by atoms with Gasteiger partial charge in [0.1, 0.15) is 19.1 Å². The first-order valence-electron chi connectivity index (χ1n) is 5.50. The van der Waals surface area contributed by atoms with Gasteiger partial charge in [0.2, 0.25) is 11.8 Å². The van der Waals surface area contributed by atoms with Crippen molar-refractivity contribution in [1.82, 2.24) is 10.2 Å². The third-order valence-corrected chi connectivity index (χ3v) is 2.21. The van der Waals surface area contributed by atoms with Crippen molar-refractivity contribution in [1.29, 1.82) is 0 Å². The number of hydrogen-bond acceptors (Lipinski definition) is 4. The van der Waals surface area contributed by atoms with Crippen molar-refractivity contribution in [2.75, 3.05) is 13.1 Å². The Bertz CT molecular complexity index is 366. The molecule has 6 N–H and O–H groups in total. The number of amides is 4. The molecule has 9 nitrogen and oxygen atoms in total. The quantitative estimate of drug-likeness (QED) is 0.425. The standard InChI is InChI=1S/C10H18N4O5/c1-5(2)8(13-10(12)19)9(18)14(3-6(11)15)4-7(16)17/h5,8H,3-4H2,1-2H3,(H2,11,15)(H,16,17)(H3,12,13,19). The lowest BCUT2D eigenvalue weighted by molar-refractivity contribution is -0.146. The molecule has 0 saturated heterocycles. The molecule has 0 aliphatic heterocycles. The molecule has 0 aromatic heterocycles. The van der Waals surface area contributed by atoms with Crippen LogP contribution in [0.5, 0.6) is 0 Å². The zero-order valence-corrected chi connectivity index (χ0v) is 10.8. The number of rotatable bonds is 7. The first-order chi connectivity index (χ1) is 8.65. The summed E-state index contributed by atoms with van der Waals surface area (Å²) in [4.78, 5) is 45.1. The van der Waals surface area contributed by atoms with E-state index in [0.717, 1.165) is 4.90 Å². The van der Waals surface area contributed by atoms with E-state index < -0.39 is 42.9 Å². The number of nitrogens with zero attached hydrogens (tertiary/aromatic N) is 1. The molecule has 0 aromatic carbocycles. The van der Waals surface area contributed by atoms with Gasteiger partial charge in [-0.25, -0.2) is 4.79 Å². The summed E-state index contributed by atoms with van der Waals surface area (Å²) >= 11 is 0. The van der Waals surface area contributed by atoms with Gasteiger partial charge in [-0.2, -0.15) is 0 Å². The molecule has 4 amide bonds. The third kappa shape index (κ3) is 6.24. The second-order valence-corrected chi connectivity index (χ2v) is 4.28. The number of primary amides is 2. The van der Waals surface area contributed by atoms with Crippen LogP contribution in [0.1, 0.15) is 13.8 Å². The minimum Gasteiger partial charge on any atom is -0.480 e. The lowest BCUT2D eigenvalue weighted by Gasteiger charge is -2.27. The van der Waals surface area contributed by atoms with Crippen LogP contribution in [0.3, 0.4) is 0 Å². The second kappa shape index (κ2) is 7.19. The van der Waals surface area contributed by atoms with Gasteiger partial charge in [-0.15, -0.1) is 0 Å². The van der Waals surface area contributed by atoms with Crippen LogP contribution >= 0.6 is 0 Å². The van der Waals surface area contributed by atoms with E-state index in [0.29, 0.717) is 0 Å². The monoisotopic (exact) mass is 274 g/mol. The van der Waals surface area contributed by atoms with Crippen LogP contribution in [0, 0.1) is 5.92 Å². The number of nitrogens with two attached hydrogens (primary N) is 2. The number of aliphatic carboxylic acids is 1. The highest BCUT2D eigenvalue weighted by Crippen LogP contribution is 2.06. The first-order valence-corrected chi connectivity index (χ1v) is 5.50. The van der Waals surface area contributed by atoms with Crippen LogP contribution in [0.2, 0.25) is 0 Å². The van der Waals surface area contributed by atoms with Crippen molar-refractivity contribution in [2.24, 2.45) is 17.4 Å². The molecule has 0 aromatic rings. The van der Waals surface area contributed by atoms with E-state index in [1.165, 1.54) is 0 Å². The van der Waals surface area contributed by atoms with E-state index in [-0.39, 0.29) is 5.92 Å². The number of carboxylic acids is 1. The molecule has 0 fully saturated rings. The van der Waals surface area contributed by atoms with Crippen LogP contribution < -0.4 is 16.8 Å². The van der Waals surface area contributed by atoms with Gasteiger partial charge in [-0.05, 0) is 5.92 Å². The third-order valence-electron chi connectivity index (χ3n) is 2.21. The van der Waals surface area contributed by atoms with E-state index in [2.05, 4.69) is 5.32 Å². The molecule has 0 aliphatic rings. The maximum Gasteiger partial charge on any atom is 0.323 e. The lowest BCUT2D eigenvalue weighted by Crippen LogP contribution is -2.55. The zero-order chi connectivity index (χ0) is 15.2. The SMILES string of the molecule is CC(C)C(NC(N)=O)C(=O)N(CC(N)=O)CC(=O)O. The summed E-state index contributed by atoms with van der Waals surface area (Å²) in [6.45, 7) is 2.05. The first kappa shape index (κ1) is 16.7. The highest BCUT2D eigenvalue weighted by molar-refractivity contribution is 5.91. The lowest BCUT2D eigenvalue weighted by atomic mass is 10.0. The van der Waals surface area contributed by atoms with Crippen LogP contribution in [-0.4, -0.2) is 53.0 Å².